The smallest absolute Gasteiger partial charge is 0.314 e. The van der Waals surface area contributed by atoms with E-state index in [4.69, 9.17) is 4.74 Å². The number of amides is 2. The molecule has 0 aromatic heterocycles. The first kappa shape index (κ1) is 26.0. The molecule has 5 rings (SSSR count). The second kappa shape index (κ2) is 11.4. The Morgan fingerprint density at radius 2 is 1.74 bits per heavy atom. The molecule has 2 amide bonds. The highest BCUT2D eigenvalue weighted by Gasteiger charge is 2.51. The molecule has 0 radical (unpaired) electrons. The Morgan fingerprint density at radius 3 is 2.47 bits per heavy atom. The molecule has 6 heteroatoms. The largest absolute Gasteiger partial charge is 0.451 e. The van der Waals surface area contributed by atoms with Crippen LogP contribution in [0.3, 0.4) is 0 Å². The van der Waals surface area contributed by atoms with E-state index < -0.39 is 6.10 Å². The van der Waals surface area contributed by atoms with Gasteiger partial charge in [-0.2, -0.15) is 0 Å². The number of benzene rings is 3. The van der Waals surface area contributed by atoms with Crippen LogP contribution in [0.5, 0.6) is 0 Å². The molecule has 6 nitrogen and oxygen atoms in total. The average molecular weight is 513 g/mol. The van der Waals surface area contributed by atoms with Gasteiger partial charge in [0.1, 0.15) is 5.92 Å². The van der Waals surface area contributed by atoms with E-state index in [0.717, 1.165) is 42.9 Å². The summed E-state index contributed by atoms with van der Waals surface area (Å²) >= 11 is 0. The number of carbonyl (C=O) groups is 3. The summed E-state index contributed by atoms with van der Waals surface area (Å²) in [5.74, 6) is -0.485. The molecule has 1 aliphatic carbocycles. The van der Waals surface area contributed by atoms with Crippen LogP contribution in [0.4, 0.5) is 0 Å². The van der Waals surface area contributed by atoms with Crippen LogP contribution in [0, 0.1) is 17.8 Å². The fourth-order valence-corrected chi connectivity index (χ4v) is 5.48. The van der Waals surface area contributed by atoms with E-state index in [2.05, 4.69) is 22.8 Å². The van der Waals surface area contributed by atoms with Crippen LogP contribution in [0.2, 0.25) is 0 Å². The lowest BCUT2D eigenvalue weighted by atomic mass is 9.83. The van der Waals surface area contributed by atoms with Crippen LogP contribution in [0.15, 0.2) is 72.8 Å². The zero-order valence-corrected chi connectivity index (χ0v) is 22.1. The van der Waals surface area contributed by atoms with Crippen molar-refractivity contribution in [3.63, 3.8) is 0 Å². The third kappa shape index (κ3) is 5.90. The summed E-state index contributed by atoms with van der Waals surface area (Å²) in [5, 5.41) is 8.51. The van der Waals surface area contributed by atoms with Crippen molar-refractivity contribution in [2.75, 3.05) is 0 Å². The first-order chi connectivity index (χ1) is 18.4. The molecule has 1 saturated heterocycles. The van der Waals surface area contributed by atoms with Gasteiger partial charge < -0.3 is 15.4 Å². The second-order valence-corrected chi connectivity index (χ2v) is 10.9. The number of hydrogen-bond donors (Lipinski definition) is 2. The number of rotatable bonds is 11. The molecule has 1 heterocycles. The maximum atomic E-state index is 13.2. The summed E-state index contributed by atoms with van der Waals surface area (Å²) in [5.41, 5.74) is 1.89. The SMILES string of the molecule is CC[C@H](C)[C@@H]1C(=O)O[C@H]1C(=O)N[C@H]1C[C@H]1C[C@@H](CCc1ccccc1)NC(=O)c1ccc2ccccc2c1. The minimum Gasteiger partial charge on any atom is -0.451 e. The first-order valence-corrected chi connectivity index (χ1v) is 13.8. The Morgan fingerprint density at radius 1 is 1.00 bits per heavy atom. The summed E-state index contributed by atoms with van der Waals surface area (Å²) < 4.78 is 5.19. The predicted octanol–water partition coefficient (Wildman–Crippen LogP) is 5.05. The van der Waals surface area contributed by atoms with E-state index >= 15 is 0 Å². The van der Waals surface area contributed by atoms with Crippen LogP contribution in [-0.2, 0) is 20.7 Å². The molecular formula is C32H36N2O4. The van der Waals surface area contributed by atoms with Gasteiger partial charge in [-0.1, -0.05) is 80.9 Å². The molecule has 2 aliphatic rings. The number of ether oxygens (including phenoxy) is 1. The van der Waals surface area contributed by atoms with Gasteiger partial charge in [0.25, 0.3) is 11.8 Å². The van der Waals surface area contributed by atoms with Crippen LogP contribution in [0.1, 0.15) is 55.5 Å². The Hall–Kier alpha value is -3.67. The minimum absolute atomic E-state index is 0.0181. The van der Waals surface area contributed by atoms with Crippen LogP contribution >= 0.6 is 0 Å². The molecule has 3 aromatic carbocycles. The first-order valence-electron chi connectivity index (χ1n) is 13.8. The van der Waals surface area contributed by atoms with E-state index in [-0.39, 0.29) is 47.6 Å². The third-order valence-electron chi connectivity index (χ3n) is 8.17. The lowest BCUT2D eigenvalue weighted by Crippen LogP contribution is -2.56. The Bertz CT molecular complexity index is 1310. The fourth-order valence-electron chi connectivity index (χ4n) is 5.48. The van der Waals surface area contributed by atoms with Crippen molar-refractivity contribution in [2.24, 2.45) is 17.8 Å². The molecule has 0 bridgehead atoms. The molecule has 3 aromatic rings. The van der Waals surface area contributed by atoms with Crippen molar-refractivity contribution in [1.29, 1.82) is 0 Å². The fraction of sp³-hybridized carbons (Fsp3) is 0.406. The Balaban J connectivity index is 1.21. The summed E-state index contributed by atoms with van der Waals surface area (Å²) in [6.45, 7) is 4.00. The lowest BCUT2D eigenvalue weighted by molar-refractivity contribution is -0.193. The van der Waals surface area contributed by atoms with E-state index in [1.165, 1.54) is 5.56 Å². The van der Waals surface area contributed by atoms with Crippen molar-refractivity contribution < 1.29 is 19.1 Å². The van der Waals surface area contributed by atoms with Gasteiger partial charge in [0.05, 0.1) is 0 Å². The standard InChI is InChI=1S/C32H36N2O4/c1-3-20(2)28-29(38-32(28)37)31(36)34-27-19-25(27)18-26(16-13-21-9-5-4-6-10-21)33-30(35)24-15-14-22-11-7-8-12-23(22)17-24/h4-12,14-15,17,20,25-29H,3,13,16,18-19H2,1-2H3,(H,33,35)(H,34,36)/t20-,25+,26+,27-,28-,29+/m0/s1. The molecule has 0 spiro atoms. The van der Waals surface area contributed by atoms with Gasteiger partial charge in [-0.15, -0.1) is 0 Å². The molecule has 0 unspecified atom stereocenters. The van der Waals surface area contributed by atoms with Crippen LogP contribution < -0.4 is 10.6 Å². The zero-order valence-electron chi connectivity index (χ0n) is 22.1. The number of cyclic esters (lactones) is 1. The van der Waals surface area contributed by atoms with Crippen molar-refractivity contribution in [3.05, 3.63) is 83.9 Å². The van der Waals surface area contributed by atoms with Gasteiger partial charge in [0, 0.05) is 17.6 Å². The Labute approximate surface area is 224 Å². The number of fused-ring (bicyclic) bond motifs is 1. The Kier molecular flexibility index (Phi) is 7.77. The van der Waals surface area contributed by atoms with E-state index in [1.54, 1.807) is 0 Å². The number of carbonyl (C=O) groups excluding carboxylic acids is 3. The molecule has 2 N–H and O–H groups in total. The summed E-state index contributed by atoms with van der Waals surface area (Å²) in [7, 11) is 0. The molecule has 1 aliphatic heterocycles. The number of aryl methyl sites for hydroxylation is 1. The van der Waals surface area contributed by atoms with Crippen LogP contribution in [0.25, 0.3) is 10.8 Å². The van der Waals surface area contributed by atoms with Crippen molar-refractivity contribution >= 4 is 28.6 Å². The van der Waals surface area contributed by atoms with Crippen LogP contribution in [-0.4, -0.2) is 36.0 Å². The molecule has 6 atom stereocenters. The van der Waals surface area contributed by atoms with Gasteiger partial charge in [-0.3, -0.25) is 14.4 Å². The minimum atomic E-state index is -0.680. The maximum Gasteiger partial charge on any atom is 0.314 e. The normalized spacial score (nSPS) is 23.6. The van der Waals surface area contributed by atoms with E-state index in [9.17, 15) is 14.4 Å². The van der Waals surface area contributed by atoms with Gasteiger partial charge in [0.15, 0.2) is 6.10 Å². The van der Waals surface area contributed by atoms with Crippen molar-refractivity contribution in [3.8, 4) is 0 Å². The molecular weight excluding hydrogens is 476 g/mol. The van der Waals surface area contributed by atoms with Gasteiger partial charge >= 0.3 is 5.97 Å². The molecule has 2 fully saturated rings. The number of nitrogens with one attached hydrogen (secondary N) is 2. The molecule has 198 valence electrons. The number of hydrogen-bond acceptors (Lipinski definition) is 4. The third-order valence-corrected chi connectivity index (χ3v) is 8.17. The van der Waals surface area contributed by atoms with Gasteiger partial charge in [0.2, 0.25) is 0 Å². The predicted molar refractivity (Wildman–Crippen MR) is 147 cm³/mol. The molecule has 38 heavy (non-hydrogen) atoms. The lowest BCUT2D eigenvalue weighted by Gasteiger charge is -2.37. The summed E-state index contributed by atoms with van der Waals surface area (Å²) in [4.78, 5) is 37.9. The monoisotopic (exact) mass is 512 g/mol. The summed E-state index contributed by atoms with van der Waals surface area (Å²) in [6.07, 6.45) is 3.49. The second-order valence-electron chi connectivity index (χ2n) is 10.9. The number of esters is 1. The molecule has 1 saturated carbocycles. The van der Waals surface area contributed by atoms with Crippen molar-refractivity contribution in [1.82, 2.24) is 10.6 Å². The highest BCUT2D eigenvalue weighted by molar-refractivity contribution is 5.98. The quantitative estimate of drug-likeness (QED) is 0.352. The van der Waals surface area contributed by atoms with Crippen molar-refractivity contribution in [2.45, 2.75) is 64.1 Å². The van der Waals surface area contributed by atoms with Gasteiger partial charge in [-0.05, 0) is 66.0 Å². The summed E-state index contributed by atoms with van der Waals surface area (Å²) in [6, 6.07) is 24.1. The van der Waals surface area contributed by atoms with E-state index in [1.807, 2.05) is 74.5 Å². The zero-order chi connectivity index (χ0) is 26.6. The van der Waals surface area contributed by atoms with E-state index in [0.29, 0.717) is 5.56 Å². The maximum absolute atomic E-state index is 13.2. The van der Waals surface area contributed by atoms with Gasteiger partial charge in [-0.25, -0.2) is 0 Å². The highest BCUT2D eigenvalue weighted by Crippen LogP contribution is 2.37. The topological polar surface area (TPSA) is 84.5 Å². The average Bonchev–Trinajstić information content (AvgIpc) is 3.66. The highest BCUT2D eigenvalue weighted by atomic mass is 16.6.